The van der Waals surface area contributed by atoms with Crippen molar-refractivity contribution in [1.29, 1.82) is 0 Å². The van der Waals surface area contributed by atoms with Gasteiger partial charge in [0.15, 0.2) is 5.82 Å². The molecule has 0 aliphatic carbocycles. The minimum atomic E-state index is -0.426. The Kier molecular flexibility index (Phi) is 5.85. The van der Waals surface area contributed by atoms with E-state index in [0.29, 0.717) is 38.2 Å². The zero-order chi connectivity index (χ0) is 21.1. The third-order valence-corrected chi connectivity index (χ3v) is 6.07. The Labute approximate surface area is 176 Å². The number of benzene rings is 1. The van der Waals surface area contributed by atoms with E-state index in [2.05, 4.69) is 15.2 Å². The molecule has 1 amide bonds. The van der Waals surface area contributed by atoms with Crippen LogP contribution in [0.2, 0.25) is 0 Å². The highest BCUT2D eigenvalue weighted by atomic mass is 16.6. The predicted molar refractivity (Wildman–Crippen MR) is 111 cm³/mol. The van der Waals surface area contributed by atoms with Crippen molar-refractivity contribution in [2.24, 2.45) is 5.41 Å². The first-order valence-electron chi connectivity index (χ1n) is 10.5. The molecule has 30 heavy (non-hydrogen) atoms. The summed E-state index contributed by atoms with van der Waals surface area (Å²) in [5.41, 5.74) is 0.717. The number of hydrogen-bond donors (Lipinski definition) is 1. The summed E-state index contributed by atoms with van der Waals surface area (Å²) in [5, 5.41) is 7.14. The van der Waals surface area contributed by atoms with Gasteiger partial charge in [-0.15, -0.1) is 0 Å². The van der Waals surface area contributed by atoms with Gasteiger partial charge in [-0.2, -0.15) is 5.10 Å². The summed E-state index contributed by atoms with van der Waals surface area (Å²) in [6, 6.07) is 10.0. The molecule has 1 aromatic carbocycles. The molecule has 0 bridgehead atoms. The quantitative estimate of drug-likeness (QED) is 0.723. The standard InChI is InChI=1S/C22H29N5O3/c1-26(2)15-17-14-22(21(29)30-17)8-10-27(11-9-22)20(28)13-19-23-18(24-25-19)12-16-6-4-3-5-7-16/h3-7,17H,8-15H2,1-2H3,(H,23,24,25). The Hall–Kier alpha value is -2.74. The first kappa shape index (κ1) is 20.5. The van der Waals surface area contributed by atoms with Crippen LogP contribution < -0.4 is 0 Å². The van der Waals surface area contributed by atoms with Gasteiger partial charge in [0.25, 0.3) is 0 Å². The molecule has 0 radical (unpaired) electrons. The predicted octanol–water partition coefficient (Wildman–Crippen LogP) is 1.42. The number of hydrogen-bond acceptors (Lipinski definition) is 6. The van der Waals surface area contributed by atoms with Gasteiger partial charge in [-0.3, -0.25) is 14.7 Å². The van der Waals surface area contributed by atoms with Crippen LogP contribution in [0.25, 0.3) is 0 Å². The van der Waals surface area contributed by atoms with Crippen molar-refractivity contribution < 1.29 is 14.3 Å². The van der Waals surface area contributed by atoms with E-state index >= 15 is 0 Å². The van der Waals surface area contributed by atoms with E-state index in [4.69, 9.17) is 4.74 Å². The van der Waals surface area contributed by atoms with Crippen LogP contribution in [-0.2, 0) is 27.2 Å². The highest BCUT2D eigenvalue weighted by molar-refractivity contribution is 5.81. The molecule has 2 aliphatic rings. The van der Waals surface area contributed by atoms with Crippen molar-refractivity contribution in [3.05, 3.63) is 47.5 Å². The molecular weight excluding hydrogens is 382 g/mol. The van der Waals surface area contributed by atoms with Crippen molar-refractivity contribution in [1.82, 2.24) is 25.0 Å². The van der Waals surface area contributed by atoms with E-state index < -0.39 is 5.41 Å². The zero-order valence-electron chi connectivity index (χ0n) is 17.6. The van der Waals surface area contributed by atoms with Crippen LogP contribution in [0.5, 0.6) is 0 Å². The number of aromatic nitrogens is 3. The van der Waals surface area contributed by atoms with E-state index in [1.165, 1.54) is 0 Å². The average molecular weight is 412 g/mol. The second-order valence-electron chi connectivity index (χ2n) is 8.69. The monoisotopic (exact) mass is 411 g/mol. The summed E-state index contributed by atoms with van der Waals surface area (Å²) in [7, 11) is 3.96. The number of nitrogens with one attached hydrogen (secondary N) is 1. The van der Waals surface area contributed by atoms with Crippen LogP contribution in [0.3, 0.4) is 0 Å². The Morgan fingerprint density at radius 1 is 1.27 bits per heavy atom. The Morgan fingerprint density at radius 3 is 2.70 bits per heavy atom. The first-order chi connectivity index (χ1) is 14.4. The minimum absolute atomic E-state index is 0.00585. The maximum atomic E-state index is 12.7. The number of ether oxygens (including phenoxy) is 1. The number of H-pyrrole nitrogens is 1. The van der Waals surface area contributed by atoms with Gasteiger partial charge in [0.1, 0.15) is 11.9 Å². The lowest BCUT2D eigenvalue weighted by molar-refractivity contribution is -0.152. The Morgan fingerprint density at radius 2 is 2.00 bits per heavy atom. The molecule has 1 N–H and O–H groups in total. The van der Waals surface area contributed by atoms with E-state index in [1.54, 1.807) is 0 Å². The van der Waals surface area contributed by atoms with Crippen LogP contribution in [0.4, 0.5) is 0 Å². The van der Waals surface area contributed by atoms with E-state index in [1.807, 2.05) is 54.2 Å². The highest BCUT2D eigenvalue weighted by Crippen LogP contribution is 2.43. The zero-order valence-corrected chi connectivity index (χ0v) is 17.6. The van der Waals surface area contributed by atoms with Crippen LogP contribution in [0, 0.1) is 5.41 Å². The molecule has 2 aliphatic heterocycles. The Balaban J connectivity index is 1.29. The molecule has 1 aromatic heterocycles. The molecule has 1 atom stereocenters. The van der Waals surface area contributed by atoms with Crippen LogP contribution in [0.15, 0.2) is 30.3 Å². The van der Waals surface area contributed by atoms with E-state index in [9.17, 15) is 9.59 Å². The van der Waals surface area contributed by atoms with Gasteiger partial charge >= 0.3 is 5.97 Å². The van der Waals surface area contributed by atoms with E-state index in [0.717, 1.165) is 24.4 Å². The molecule has 1 unspecified atom stereocenters. The minimum Gasteiger partial charge on any atom is -0.461 e. The third kappa shape index (κ3) is 4.53. The molecule has 2 aromatic rings. The van der Waals surface area contributed by atoms with Gasteiger partial charge in [-0.1, -0.05) is 30.3 Å². The molecule has 2 fully saturated rings. The lowest BCUT2D eigenvalue weighted by Gasteiger charge is -2.36. The number of nitrogens with zero attached hydrogens (tertiary/aromatic N) is 4. The molecule has 3 heterocycles. The van der Waals surface area contributed by atoms with Gasteiger partial charge in [0.2, 0.25) is 5.91 Å². The number of esters is 1. The molecule has 2 saturated heterocycles. The van der Waals surface area contributed by atoms with Crippen LogP contribution in [0.1, 0.15) is 36.5 Å². The maximum Gasteiger partial charge on any atom is 0.312 e. The van der Waals surface area contributed by atoms with Gasteiger partial charge < -0.3 is 14.5 Å². The lowest BCUT2D eigenvalue weighted by atomic mass is 9.76. The molecule has 8 nitrogen and oxygen atoms in total. The summed E-state index contributed by atoms with van der Waals surface area (Å²) in [4.78, 5) is 33.6. The molecule has 0 saturated carbocycles. The molecule has 4 rings (SSSR count). The van der Waals surface area contributed by atoms with Gasteiger partial charge in [-0.25, -0.2) is 4.98 Å². The average Bonchev–Trinajstić information content (AvgIpc) is 3.26. The van der Waals surface area contributed by atoms with Gasteiger partial charge in [-0.05, 0) is 32.5 Å². The second-order valence-corrected chi connectivity index (χ2v) is 8.69. The van der Waals surface area contributed by atoms with Gasteiger partial charge in [0.05, 0.1) is 11.8 Å². The second kappa shape index (κ2) is 8.55. The summed E-state index contributed by atoms with van der Waals surface area (Å²) in [6.45, 7) is 1.89. The highest BCUT2D eigenvalue weighted by Gasteiger charge is 2.50. The number of cyclic esters (lactones) is 1. The number of carbonyl (C=O) groups is 2. The van der Waals surface area contributed by atoms with Crippen molar-refractivity contribution in [2.45, 2.75) is 38.2 Å². The molecule has 160 valence electrons. The van der Waals surface area contributed by atoms with Crippen LogP contribution >= 0.6 is 0 Å². The number of amides is 1. The third-order valence-electron chi connectivity index (χ3n) is 6.07. The largest absolute Gasteiger partial charge is 0.461 e. The number of carbonyl (C=O) groups excluding carboxylic acids is 2. The van der Waals surface area contributed by atoms with Crippen molar-refractivity contribution in [3.8, 4) is 0 Å². The number of aromatic amines is 1. The first-order valence-corrected chi connectivity index (χ1v) is 10.5. The summed E-state index contributed by atoms with van der Waals surface area (Å²) in [6.07, 6.45) is 2.85. The Bertz CT molecular complexity index is 887. The van der Waals surface area contributed by atoms with Crippen molar-refractivity contribution in [2.75, 3.05) is 33.7 Å². The molecule has 8 heteroatoms. The fraction of sp³-hybridized carbons (Fsp3) is 0.545. The van der Waals surface area contributed by atoms with Gasteiger partial charge in [0, 0.05) is 32.5 Å². The normalized spacial score (nSPS) is 20.7. The maximum absolute atomic E-state index is 12.7. The molecular formula is C22H29N5O3. The fourth-order valence-electron chi connectivity index (χ4n) is 4.47. The summed E-state index contributed by atoms with van der Waals surface area (Å²) >= 11 is 0. The fourth-order valence-corrected chi connectivity index (χ4v) is 4.47. The smallest absolute Gasteiger partial charge is 0.312 e. The number of rotatable bonds is 6. The topological polar surface area (TPSA) is 91.4 Å². The van der Waals surface area contributed by atoms with Crippen LogP contribution in [-0.4, -0.2) is 76.7 Å². The SMILES string of the molecule is CN(C)CC1CC2(CCN(C(=O)Cc3n[nH]c(Cc4ccccc4)n3)CC2)C(=O)O1. The van der Waals surface area contributed by atoms with Crippen molar-refractivity contribution in [3.63, 3.8) is 0 Å². The van der Waals surface area contributed by atoms with Crippen molar-refractivity contribution >= 4 is 11.9 Å². The lowest BCUT2D eigenvalue weighted by Crippen LogP contribution is -2.45. The summed E-state index contributed by atoms with van der Waals surface area (Å²) < 4.78 is 5.60. The number of likely N-dealkylation sites (N-methyl/N-ethyl adjacent to an activating group) is 1. The summed E-state index contributed by atoms with van der Waals surface area (Å²) in [5.74, 6) is 1.17. The number of piperidine rings is 1. The molecule has 1 spiro atoms. The number of likely N-dealkylation sites (tertiary alicyclic amines) is 1. The van der Waals surface area contributed by atoms with E-state index in [-0.39, 0.29) is 24.4 Å².